The molecular formula is C16H14FNO3. The second kappa shape index (κ2) is 5.75. The number of benzene rings is 2. The lowest BCUT2D eigenvalue weighted by atomic mass is 10.1. The number of amides is 1. The van der Waals surface area contributed by atoms with Gasteiger partial charge in [0.05, 0.1) is 5.56 Å². The summed E-state index contributed by atoms with van der Waals surface area (Å²) in [4.78, 5) is 22.8. The van der Waals surface area contributed by atoms with Gasteiger partial charge >= 0.3 is 5.97 Å². The average Bonchev–Trinajstić information content (AvgIpc) is 2.37. The summed E-state index contributed by atoms with van der Waals surface area (Å²) < 4.78 is 13.5. The molecule has 0 aliphatic carbocycles. The van der Waals surface area contributed by atoms with Gasteiger partial charge in [0, 0.05) is 11.3 Å². The van der Waals surface area contributed by atoms with Crippen molar-refractivity contribution >= 4 is 17.6 Å². The molecule has 21 heavy (non-hydrogen) atoms. The van der Waals surface area contributed by atoms with Crippen molar-refractivity contribution in [3.63, 3.8) is 0 Å². The maximum absolute atomic E-state index is 13.5. The number of carbonyl (C=O) groups excluding carboxylic acids is 1. The quantitative estimate of drug-likeness (QED) is 0.909. The number of aromatic carboxylic acids is 1. The third-order valence-electron chi connectivity index (χ3n) is 2.94. The first kappa shape index (κ1) is 14.7. The first-order valence-corrected chi connectivity index (χ1v) is 6.29. The number of hydrogen-bond acceptors (Lipinski definition) is 2. The van der Waals surface area contributed by atoms with Gasteiger partial charge in [-0.25, -0.2) is 9.18 Å². The van der Waals surface area contributed by atoms with Gasteiger partial charge in [-0.05, 0) is 44.2 Å². The van der Waals surface area contributed by atoms with Gasteiger partial charge in [-0.15, -0.1) is 0 Å². The Kier molecular flexibility index (Phi) is 4.03. The Hall–Kier alpha value is -2.69. The van der Waals surface area contributed by atoms with Crippen molar-refractivity contribution < 1.29 is 19.1 Å². The molecule has 108 valence electrons. The smallest absolute Gasteiger partial charge is 0.338 e. The zero-order valence-electron chi connectivity index (χ0n) is 11.6. The van der Waals surface area contributed by atoms with Crippen LogP contribution in [0.3, 0.4) is 0 Å². The molecule has 2 aromatic carbocycles. The molecule has 0 unspecified atom stereocenters. The molecule has 0 radical (unpaired) electrons. The van der Waals surface area contributed by atoms with Crippen molar-refractivity contribution in [1.82, 2.24) is 0 Å². The SMILES string of the molecule is Cc1cc(C)cc(C(=O)Nc2ccc(C(=O)O)c(F)c2)c1. The highest BCUT2D eigenvalue weighted by Gasteiger charge is 2.12. The average molecular weight is 287 g/mol. The zero-order chi connectivity index (χ0) is 15.6. The molecular weight excluding hydrogens is 273 g/mol. The van der Waals surface area contributed by atoms with E-state index >= 15 is 0 Å². The maximum atomic E-state index is 13.5. The minimum absolute atomic E-state index is 0.210. The number of anilines is 1. The van der Waals surface area contributed by atoms with E-state index in [1.165, 1.54) is 6.07 Å². The van der Waals surface area contributed by atoms with E-state index in [4.69, 9.17) is 5.11 Å². The van der Waals surface area contributed by atoms with Crippen molar-refractivity contribution in [2.75, 3.05) is 5.32 Å². The number of rotatable bonds is 3. The van der Waals surface area contributed by atoms with E-state index in [9.17, 15) is 14.0 Å². The number of carboxylic acid groups (broad SMARTS) is 1. The van der Waals surface area contributed by atoms with Gasteiger partial charge in [0.15, 0.2) is 0 Å². The van der Waals surface area contributed by atoms with Crippen molar-refractivity contribution in [3.05, 3.63) is 64.5 Å². The third-order valence-corrected chi connectivity index (χ3v) is 2.94. The first-order chi connectivity index (χ1) is 9.86. The molecule has 0 heterocycles. The molecule has 4 nitrogen and oxygen atoms in total. The maximum Gasteiger partial charge on any atom is 0.338 e. The molecule has 1 amide bonds. The Morgan fingerprint density at radius 2 is 1.67 bits per heavy atom. The largest absolute Gasteiger partial charge is 0.478 e. The predicted octanol–water partition coefficient (Wildman–Crippen LogP) is 3.39. The summed E-state index contributed by atoms with van der Waals surface area (Å²) in [6, 6.07) is 8.86. The summed E-state index contributed by atoms with van der Waals surface area (Å²) in [6.45, 7) is 3.76. The Balaban J connectivity index is 2.23. The summed E-state index contributed by atoms with van der Waals surface area (Å²) in [5, 5.41) is 11.3. The van der Waals surface area contributed by atoms with Gasteiger partial charge in [0.2, 0.25) is 0 Å². The summed E-state index contributed by atoms with van der Waals surface area (Å²) in [7, 11) is 0. The number of nitrogens with one attached hydrogen (secondary N) is 1. The van der Waals surface area contributed by atoms with Crippen LogP contribution in [0.25, 0.3) is 0 Å². The molecule has 0 saturated heterocycles. The van der Waals surface area contributed by atoms with Crippen LogP contribution in [-0.2, 0) is 0 Å². The van der Waals surface area contributed by atoms with E-state index in [0.717, 1.165) is 23.3 Å². The summed E-state index contributed by atoms with van der Waals surface area (Å²) in [5.74, 6) is -2.61. The number of aryl methyl sites for hydroxylation is 2. The number of carbonyl (C=O) groups is 2. The number of carboxylic acids is 1. The third kappa shape index (κ3) is 3.45. The molecule has 0 spiro atoms. The highest BCUT2D eigenvalue weighted by molar-refractivity contribution is 6.04. The fourth-order valence-corrected chi connectivity index (χ4v) is 2.08. The molecule has 0 aromatic heterocycles. The van der Waals surface area contributed by atoms with E-state index in [-0.39, 0.29) is 11.6 Å². The van der Waals surface area contributed by atoms with E-state index in [1.807, 2.05) is 19.9 Å². The van der Waals surface area contributed by atoms with E-state index in [0.29, 0.717) is 5.56 Å². The molecule has 2 N–H and O–H groups in total. The standard InChI is InChI=1S/C16H14FNO3/c1-9-5-10(2)7-11(6-9)15(19)18-12-3-4-13(16(20)21)14(17)8-12/h3-8H,1-2H3,(H,18,19)(H,20,21). The minimum atomic E-state index is -1.35. The molecule has 0 atom stereocenters. The van der Waals surface area contributed by atoms with Crippen LogP contribution in [0.2, 0.25) is 0 Å². The molecule has 0 fully saturated rings. The van der Waals surface area contributed by atoms with E-state index in [2.05, 4.69) is 5.32 Å². The van der Waals surface area contributed by atoms with Gasteiger partial charge in [-0.3, -0.25) is 4.79 Å². The van der Waals surface area contributed by atoms with Crippen molar-refractivity contribution in [3.8, 4) is 0 Å². The molecule has 2 rings (SSSR count). The van der Waals surface area contributed by atoms with Crippen LogP contribution in [0, 0.1) is 19.7 Å². The molecule has 2 aromatic rings. The van der Waals surface area contributed by atoms with Gasteiger partial charge in [0.25, 0.3) is 5.91 Å². The van der Waals surface area contributed by atoms with Crippen LogP contribution in [0.5, 0.6) is 0 Å². The monoisotopic (exact) mass is 287 g/mol. The van der Waals surface area contributed by atoms with Gasteiger partial charge in [-0.2, -0.15) is 0 Å². The van der Waals surface area contributed by atoms with Gasteiger partial charge < -0.3 is 10.4 Å². The zero-order valence-corrected chi connectivity index (χ0v) is 11.6. The first-order valence-electron chi connectivity index (χ1n) is 6.29. The van der Waals surface area contributed by atoms with Crippen molar-refractivity contribution in [2.45, 2.75) is 13.8 Å². The minimum Gasteiger partial charge on any atom is -0.478 e. The van der Waals surface area contributed by atoms with Crippen LogP contribution < -0.4 is 5.32 Å². The summed E-state index contributed by atoms with van der Waals surface area (Å²) in [6.07, 6.45) is 0. The fraction of sp³-hybridized carbons (Fsp3) is 0.125. The van der Waals surface area contributed by atoms with Crippen molar-refractivity contribution in [2.24, 2.45) is 0 Å². The highest BCUT2D eigenvalue weighted by atomic mass is 19.1. The van der Waals surface area contributed by atoms with Crippen LogP contribution >= 0.6 is 0 Å². The topological polar surface area (TPSA) is 66.4 Å². The number of hydrogen-bond donors (Lipinski definition) is 2. The fourth-order valence-electron chi connectivity index (χ4n) is 2.08. The predicted molar refractivity (Wildman–Crippen MR) is 77.2 cm³/mol. The Morgan fingerprint density at radius 1 is 1.05 bits per heavy atom. The summed E-state index contributed by atoms with van der Waals surface area (Å²) in [5.41, 5.74) is 2.15. The lowest BCUT2D eigenvalue weighted by molar-refractivity contribution is 0.0692. The van der Waals surface area contributed by atoms with Crippen LogP contribution in [0.4, 0.5) is 10.1 Å². The summed E-state index contributed by atoms with van der Waals surface area (Å²) >= 11 is 0. The van der Waals surface area contributed by atoms with Crippen LogP contribution in [0.1, 0.15) is 31.8 Å². The normalized spacial score (nSPS) is 10.2. The van der Waals surface area contributed by atoms with Crippen LogP contribution in [-0.4, -0.2) is 17.0 Å². The second-order valence-electron chi connectivity index (χ2n) is 4.83. The Morgan fingerprint density at radius 3 is 2.19 bits per heavy atom. The van der Waals surface area contributed by atoms with Crippen molar-refractivity contribution in [1.29, 1.82) is 0 Å². The van der Waals surface area contributed by atoms with Crippen LogP contribution in [0.15, 0.2) is 36.4 Å². The van der Waals surface area contributed by atoms with Gasteiger partial charge in [0.1, 0.15) is 5.82 Å². The van der Waals surface area contributed by atoms with E-state index < -0.39 is 17.3 Å². The molecule has 0 aliphatic rings. The molecule has 0 saturated carbocycles. The highest BCUT2D eigenvalue weighted by Crippen LogP contribution is 2.16. The lowest BCUT2D eigenvalue weighted by Gasteiger charge is -2.08. The lowest BCUT2D eigenvalue weighted by Crippen LogP contribution is -2.13. The molecule has 0 bridgehead atoms. The Labute approximate surface area is 121 Å². The molecule has 5 heteroatoms. The second-order valence-corrected chi connectivity index (χ2v) is 4.83. The number of halogens is 1. The molecule has 0 aliphatic heterocycles. The Bertz CT molecular complexity index is 705. The van der Waals surface area contributed by atoms with Gasteiger partial charge in [-0.1, -0.05) is 17.2 Å². The van der Waals surface area contributed by atoms with E-state index in [1.54, 1.807) is 12.1 Å².